The topological polar surface area (TPSA) is 64.5 Å². The van der Waals surface area contributed by atoms with Crippen LogP contribution in [0.3, 0.4) is 0 Å². The van der Waals surface area contributed by atoms with Crippen LogP contribution in [0.5, 0.6) is 17.4 Å². The van der Waals surface area contributed by atoms with Crippen LogP contribution in [0.4, 0.5) is 0 Å². The molecule has 0 aliphatic heterocycles. The summed E-state index contributed by atoms with van der Waals surface area (Å²) in [5.41, 5.74) is 0.801. The Bertz CT molecular complexity index is 531. The molecule has 0 saturated carbocycles. The zero-order chi connectivity index (χ0) is 13.0. The Labute approximate surface area is 109 Å². The van der Waals surface area contributed by atoms with E-state index in [2.05, 4.69) is 9.97 Å². The first-order valence-electron chi connectivity index (χ1n) is 5.16. The minimum absolute atomic E-state index is 0.0110. The lowest BCUT2D eigenvalue weighted by molar-refractivity contribution is 0.281. The van der Waals surface area contributed by atoms with E-state index in [1.807, 2.05) is 0 Å². The Morgan fingerprint density at radius 2 is 1.94 bits per heavy atom. The van der Waals surface area contributed by atoms with Gasteiger partial charge < -0.3 is 14.6 Å². The highest BCUT2D eigenvalue weighted by molar-refractivity contribution is 6.31. The fourth-order valence-corrected chi connectivity index (χ4v) is 1.56. The molecule has 5 nitrogen and oxygen atoms in total. The van der Waals surface area contributed by atoms with Crippen LogP contribution >= 0.6 is 11.6 Å². The van der Waals surface area contributed by atoms with Crippen LogP contribution in [0.25, 0.3) is 0 Å². The molecule has 0 atom stereocenters. The molecule has 18 heavy (non-hydrogen) atoms. The van der Waals surface area contributed by atoms with Crippen molar-refractivity contribution in [3.05, 3.63) is 41.3 Å². The number of methoxy groups -OCH3 is 1. The summed E-state index contributed by atoms with van der Waals surface area (Å²) in [5.74, 6) is 1.10. The maximum Gasteiger partial charge on any atom is 0.267 e. The normalized spacial score (nSPS) is 10.2. The van der Waals surface area contributed by atoms with Gasteiger partial charge in [0.25, 0.3) is 5.88 Å². The average Bonchev–Trinajstić information content (AvgIpc) is 2.40. The van der Waals surface area contributed by atoms with Gasteiger partial charge in [-0.1, -0.05) is 23.7 Å². The summed E-state index contributed by atoms with van der Waals surface area (Å²) >= 11 is 5.85. The molecule has 1 aromatic heterocycles. The molecule has 0 saturated heterocycles. The predicted octanol–water partition coefficient (Wildman–Crippen LogP) is 2.42. The fourth-order valence-electron chi connectivity index (χ4n) is 1.36. The summed E-state index contributed by atoms with van der Waals surface area (Å²) in [7, 11) is 1.46. The summed E-state index contributed by atoms with van der Waals surface area (Å²) in [4.78, 5) is 7.75. The molecule has 2 rings (SSSR count). The summed E-state index contributed by atoms with van der Waals surface area (Å²) in [6, 6.07) is 6.96. The van der Waals surface area contributed by atoms with Gasteiger partial charge in [0.05, 0.1) is 13.7 Å². The number of benzene rings is 1. The highest BCUT2D eigenvalue weighted by Gasteiger charge is 2.12. The van der Waals surface area contributed by atoms with E-state index in [4.69, 9.17) is 26.2 Å². The van der Waals surface area contributed by atoms with Gasteiger partial charge >= 0.3 is 0 Å². The maximum atomic E-state index is 8.94. The summed E-state index contributed by atoms with van der Waals surface area (Å²) in [6.45, 7) is -0.0110. The Morgan fingerprint density at radius 3 is 2.56 bits per heavy atom. The lowest BCUT2D eigenvalue weighted by Gasteiger charge is -2.09. The lowest BCUT2D eigenvalue weighted by atomic mass is 10.2. The molecular formula is C12H11ClN2O3. The van der Waals surface area contributed by atoms with Crippen LogP contribution in [0.1, 0.15) is 5.56 Å². The van der Waals surface area contributed by atoms with Crippen molar-refractivity contribution in [2.45, 2.75) is 6.61 Å². The lowest BCUT2D eigenvalue weighted by Crippen LogP contribution is -1.95. The van der Waals surface area contributed by atoms with Gasteiger partial charge in [0, 0.05) is 0 Å². The summed E-state index contributed by atoms with van der Waals surface area (Å²) < 4.78 is 10.6. The second-order valence-electron chi connectivity index (χ2n) is 3.41. The number of aliphatic hydroxyl groups excluding tert-OH is 1. The molecule has 1 N–H and O–H groups in total. The molecule has 1 aromatic carbocycles. The minimum Gasteiger partial charge on any atom is -0.489 e. The van der Waals surface area contributed by atoms with Crippen molar-refractivity contribution in [1.29, 1.82) is 0 Å². The first kappa shape index (κ1) is 12.6. The molecule has 94 valence electrons. The van der Waals surface area contributed by atoms with E-state index in [-0.39, 0.29) is 23.4 Å². The molecule has 0 aliphatic carbocycles. The van der Waals surface area contributed by atoms with Gasteiger partial charge in [-0.15, -0.1) is 0 Å². The zero-order valence-corrected chi connectivity index (χ0v) is 10.4. The molecule has 1 heterocycles. The van der Waals surface area contributed by atoms with Crippen LogP contribution < -0.4 is 9.47 Å². The summed E-state index contributed by atoms with van der Waals surface area (Å²) in [5, 5.41) is 9.13. The van der Waals surface area contributed by atoms with Crippen molar-refractivity contribution in [3.8, 4) is 17.4 Å². The third-order valence-corrected chi connectivity index (χ3v) is 2.52. The molecule has 0 unspecified atom stereocenters. The number of hydrogen-bond donors (Lipinski definition) is 1. The molecular weight excluding hydrogens is 256 g/mol. The second-order valence-corrected chi connectivity index (χ2v) is 3.77. The van der Waals surface area contributed by atoms with Gasteiger partial charge in [-0.25, -0.2) is 4.98 Å². The Morgan fingerprint density at radius 1 is 1.22 bits per heavy atom. The highest BCUT2D eigenvalue weighted by atomic mass is 35.5. The van der Waals surface area contributed by atoms with Gasteiger partial charge in [-0.2, -0.15) is 4.98 Å². The number of rotatable bonds is 4. The van der Waals surface area contributed by atoms with Gasteiger partial charge in [0.2, 0.25) is 5.75 Å². The van der Waals surface area contributed by atoms with Crippen LogP contribution in [-0.2, 0) is 6.61 Å². The van der Waals surface area contributed by atoms with Gasteiger partial charge in [-0.3, -0.25) is 0 Å². The van der Waals surface area contributed by atoms with E-state index in [1.165, 1.54) is 13.4 Å². The molecule has 0 aliphatic rings. The molecule has 0 radical (unpaired) electrons. The van der Waals surface area contributed by atoms with E-state index < -0.39 is 0 Å². The number of aliphatic hydroxyl groups is 1. The Kier molecular flexibility index (Phi) is 3.96. The molecule has 0 amide bonds. The Hall–Kier alpha value is -1.85. The standard InChI is InChI=1S/C12H11ClN2O3/c1-17-10-11(13)14-7-15-12(10)18-9-4-2-8(6-16)3-5-9/h2-5,7,16H,6H2,1H3. The van der Waals surface area contributed by atoms with Crippen molar-refractivity contribution in [2.24, 2.45) is 0 Å². The van der Waals surface area contributed by atoms with Crippen LogP contribution in [-0.4, -0.2) is 22.2 Å². The molecule has 2 aromatic rings. The van der Waals surface area contributed by atoms with E-state index in [0.29, 0.717) is 5.75 Å². The number of aromatic nitrogens is 2. The van der Waals surface area contributed by atoms with Crippen molar-refractivity contribution in [1.82, 2.24) is 9.97 Å². The number of hydrogen-bond acceptors (Lipinski definition) is 5. The van der Waals surface area contributed by atoms with E-state index in [1.54, 1.807) is 24.3 Å². The van der Waals surface area contributed by atoms with E-state index in [9.17, 15) is 0 Å². The van der Waals surface area contributed by atoms with Crippen LogP contribution in [0.15, 0.2) is 30.6 Å². The fraction of sp³-hybridized carbons (Fsp3) is 0.167. The van der Waals surface area contributed by atoms with Gasteiger partial charge in [0.15, 0.2) is 5.15 Å². The number of ether oxygens (including phenoxy) is 2. The van der Waals surface area contributed by atoms with E-state index >= 15 is 0 Å². The number of nitrogens with zero attached hydrogens (tertiary/aromatic N) is 2. The first-order valence-corrected chi connectivity index (χ1v) is 5.54. The SMILES string of the molecule is COc1c(Cl)ncnc1Oc1ccc(CO)cc1. The van der Waals surface area contributed by atoms with Crippen molar-refractivity contribution in [2.75, 3.05) is 7.11 Å². The molecule has 0 spiro atoms. The van der Waals surface area contributed by atoms with Crippen LogP contribution in [0, 0.1) is 0 Å². The molecule has 0 bridgehead atoms. The van der Waals surface area contributed by atoms with E-state index in [0.717, 1.165) is 5.56 Å². The van der Waals surface area contributed by atoms with Crippen LogP contribution in [0.2, 0.25) is 5.15 Å². The third-order valence-electron chi connectivity index (χ3n) is 2.25. The van der Waals surface area contributed by atoms with Gasteiger partial charge in [0.1, 0.15) is 12.1 Å². The minimum atomic E-state index is -0.0110. The highest BCUT2D eigenvalue weighted by Crippen LogP contribution is 2.33. The second kappa shape index (κ2) is 5.66. The van der Waals surface area contributed by atoms with Crippen molar-refractivity contribution in [3.63, 3.8) is 0 Å². The largest absolute Gasteiger partial charge is 0.489 e. The van der Waals surface area contributed by atoms with Crippen molar-refractivity contribution < 1.29 is 14.6 Å². The first-order chi connectivity index (χ1) is 8.74. The maximum absolute atomic E-state index is 8.94. The average molecular weight is 267 g/mol. The molecule has 6 heteroatoms. The monoisotopic (exact) mass is 266 g/mol. The Balaban J connectivity index is 2.25. The third kappa shape index (κ3) is 2.69. The predicted molar refractivity (Wildman–Crippen MR) is 66.0 cm³/mol. The number of halogens is 1. The zero-order valence-electron chi connectivity index (χ0n) is 9.63. The smallest absolute Gasteiger partial charge is 0.267 e. The molecule has 0 fully saturated rings. The van der Waals surface area contributed by atoms with Gasteiger partial charge in [-0.05, 0) is 17.7 Å². The summed E-state index contributed by atoms with van der Waals surface area (Å²) in [6.07, 6.45) is 1.29. The van der Waals surface area contributed by atoms with Crippen molar-refractivity contribution >= 4 is 11.6 Å². The quantitative estimate of drug-likeness (QED) is 0.861.